The van der Waals surface area contributed by atoms with Gasteiger partial charge in [0.2, 0.25) is 0 Å². The lowest BCUT2D eigenvalue weighted by molar-refractivity contribution is 0.382. The average Bonchev–Trinajstić information content (AvgIpc) is 3.00. The van der Waals surface area contributed by atoms with Gasteiger partial charge < -0.3 is 9.80 Å². The van der Waals surface area contributed by atoms with E-state index in [0.29, 0.717) is 0 Å². The highest BCUT2D eigenvalue weighted by molar-refractivity contribution is 6.14. The van der Waals surface area contributed by atoms with Crippen molar-refractivity contribution in [1.29, 1.82) is 0 Å². The molecule has 0 spiro atoms. The Morgan fingerprint density at radius 3 is 2.06 bits per heavy atom. The molecule has 0 N–H and O–H groups in total. The predicted octanol–water partition coefficient (Wildman–Crippen LogP) is 5.68. The van der Waals surface area contributed by atoms with Crippen LogP contribution in [-0.2, 0) is 0 Å². The zero-order valence-electron chi connectivity index (χ0n) is 18.3. The van der Waals surface area contributed by atoms with Crippen molar-refractivity contribution in [2.45, 2.75) is 20.3 Å². The Kier molecular flexibility index (Phi) is 5.29. The normalized spacial score (nSPS) is 16.3. The van der Waals surface area contributed by atoms with Crippen molar-refractivity contribution in [3.05, 3.63) is 89.5 Å². The molecule has 1 saturated heterocycles. The quantitative estimate of drug-likeness (QED) is 0.546. The van der Waals surface area contributed by atoms with Gasteiger partial charge in [-0.25, -0.2) is 4.99 Å². The van der Waals surface area contributed by atoms with Gasteiger partial charge in [-0.15, -0.1) is 0 Å². The molecule has 0 saturated carbocycles. The van der Waals surface area contributed by atoms with Crippen LogP contribution in [0, 0.1) is 13.8 Å². The number of rotatable bonds is 2. The molecule has 2 aliphatic heterocycles. The molecule has 3 aromatic rings. The number of piperazine rings is 1. The van der Waals surface area contributed by atoms with E-state index in [4.69, 9.17) is 9.98 Å². The summed E-state index contributed by atoms with van der Waals surface area (Å²) >= 11 is 0. The summed E-state index contributed by atoms with van der Waals surface area (Å²) in [4.78, 5) is 15.1. The third kappa shape index (κ3) is 4.24. The van der Waals surface area contributed by atoms with Crippen LogP contribution in [0.2, 0.25) is 0 Å². The highest BCUT2D eigenvalue weighted by Gasteiger charge is 2.24. The topological polar surface area (TPSA) is 31.2 Å². The van der Waals surface area contributed by atoms with Crippen LogP contribution in [0.4, 0.5) is 17.1 Å². The number of amidine groups is 1. The summed E-state index contributed by atoms with van der Waals surface area (Å²) in [7, 11) is 0. The van der Waals surface area contributed by atoms with Crippen molar-refractivity contribution < 1.29 is 0 Å². The van der Waals surface area contributed by atoms with Crippen molar-refractivity contribution in [2.75, 3.05) is 31.1 Å². The molecule has 3 aromatic carbocycles. The number of aliphatic imine (C=N–C) groups is 2. The first-order valence-corrected chi connectivity index (χ1v) is 11.0. The summed E-state index contributed by atoms with van der Waals surface area (Å²) < 4.78 is 0. The van der Waals surface area contributed by atoms with Crippen molar-refractivity contribution in [2.24, 2.45) is 9.98 Å². The van der Waals surface area contributed by atoms with E-state index in [-0.39, 0.29) is 0 Å². The maximum absolute atomic E-state index is 5.12. The Morgan fingerprint density at radius 1 is 0.645 bits per heavy atom. The molecule has 0 aliphatic carbocycles. The van der Waals surface area contributed by atoms with Crippen molar-refractivity contribution >= 4 is 28.6 Å². The zero-order valence-corrected chi connectivity index (χ0v) is 18.3. The summed E-state index contributed by atoms with van der Waals surface area (Å²) in [6.45, 7) is 8.17. The van der Waals surface area contributed by atoms with Gasteiger partial charge in [-0.05, 0) is 49.2 Å². The number of benzene rings is 3. The first-order chi connectivity index (χ1) is 15.2. The summed E-state index contributed by atoms with van der Waals surface area (Å²) in [5.74, 6) is 1.12. The van der Waals surface area contributed by atoms with Crippen LogP contribution in [0.5, 0.6) is 0 Å². The zero-order chi connectivity index (χ0) is 21.2. The van der Waals surface area contributed by atoms with E-state index in [2.05, 4.69) is 96.4 Å². The summed E-state index contributed by atoms with van der Waals surface area (Å²) in [5, 5.41) is 0. The van der Waals surface area contributed by atoms with E-state index in [1.165, 1.54) is 22.4 Å². The van der Waals surface area contributed by atoms with Crippen LogP contribution >= 0.6 is 0 Å². The second-order valence-corrected chi connectivity index (χ2v) is 8.43. The smallest absolute Gasteiger partial charge is 0.111 e. The molecule has 5 rings (SSSR count). The molecular weight excluding hydrogens is 380 g/mol. The van der Waals surface area contributed by atoms with Crippen LogP contribution in [0.3, 0.4) is 0 Å². The van der Waals surface area contributed by atoms with Gasteiger partial charge in [-0.2, -0.15) is 0 Å². The number of nitrogens with zero attached hydrogens (tertiary/aromatic N) is 4. The molecule has 4 nitrogen and oxygen atoms in total. The van der Waals surface area contributed by atoms with Crippen LogP contribution < -0.4 is 4.90 Å². The fraction of sp³-hybridized carbons (Fsp3) is 0.259. The molecule has 2 aliphatic rings. The first kappa shape index (κ1) is 19.6. The van der Waals surface area contributed by atoms with Gasteiger partial charge in [0, 0.05) is 38.3 Å². The Bertz CT molecular complexity index is 1120. The molecule has 0 aromatic heterocycles. The molecule has 2 heterocycles. The average molecular weight is 409 g/mol. The van der Waals surface area contributed by atoms with E-state index < -0.39 is 0 Å². The Hall–Kier alpha value is -3.40. The van der Waals surface area contributed by atoms with Gasteiger partial charge in [0.15, 0.2) is 0 Å². The highest BCUT2D eigenvalue weighted by atomic mass is 15.3. The minimum absolute atomic E-state index is 0.752. The molecule has 4 heteroatoms. The fourth-order valence-electron chi connectivity index (χ4n) is 4.29. The summed E-state index contributed by atoms with van der Waals surface area (Å²) in [5.41, 5.74) is 7.97. The van der Waals surface area contributed by atoms with Gasteiger partial charge in [-0.1, -0.05) is 54.1 Å². The molecule has 31 heavy (non-hydrogen) atoms. The Balaban J connectivity index is 1.44. The SMILES string of the molecule is Cc1ccc(C2=Nc3ccc(C)cc3N=C(N3CCN(c4ccccc4)CC3)C2)cc1. The van der Waals surface area contributed by atoms with E-state index in [0.717, 1.165) is 55.5 Å². The van der Waals surface area contributed by atoms with Gasteiger partial charge >= 0.3 is 0 Å². The number of hydrogen-bond acceptors (Lipinski definition) is 4. The molecule has 0 bridgehead atoms. The van der Waals surface area contributed by atoms with Crippen LogP contribution in [0.25, 0.3) is 0 Å². The lowest BCUT2D eigenvalue weighted by Crippen LogP contribution is -2.49. The fourth-order valence-corrected chi connectivity index (χ4v) is 4.29. The van der Waals surface area contributed by atoms with Crippen molar-refractivity contribution in [1.82, 2.24) is 4.90 Å². The second-order valence-electron chi connectivity index (χ2n) is 8.43. The molecule has 0 radical (unpaired) electrons. The van der Waals surface area contributed by atoms with E-state index in [9.17, 15) is 0 Å². The Morgan fingerprint density at radius 2 is 1.32 bits per heavy atom. The van der Waals surface area contributed by atoms with Gasteiger partial charge in [0.05, 0.1) is 17.1 Å². The first-order valence-electron chi connectivity index (χ1n) is 11.0. The van der Waals surface area contributed by atoms with Gasteiger partial charge in [0.1, 0.15) is 5.84 Å². The maximum Gasteiger partial charge on any atom is 0.111 e. The maximum atomic E-state index is 5.12. The third-order valence-corrected chi connectivity index (χ3v) is 6.11. The van der Waals surface area contributed by atoms with Crippen molar-refractivity contribution in [3.8, 4) is 0 Å². The standard InChI is InChI=1S/C27H28N4/c1-20-8-11-22(12-9-20)25-19-27(29-26-18-21(2)10-13-24(26)28-25)31-16-14-30(15-17-31)23-6-4-3-5-7-23/h3-13,18H,14-17,19H2,1-2H3. The van der Waals surface area contributed by atoms with Crippen LogP contribution in [0.1, 0.15) is 23.1 Å². The monoisotopic (exact) mass is 408 g/mol. The summed E-state index contributed by atoms with van der Waals surface area (Å²) in [6.07, 6.45) is 0.752. The molecular formula is C27H28N4. The molecule has 1 fully saturated rings. The molecule has 0 unspecified atom stereocenters. The van der Waals surface area contributed by atoms with Crippen LogP contribution in [-0.4, -0.2) is 42.6 Å². The molecule has 0 amide bonds. The number of anilines is 1. The van der Waals surface area contributed by atoms with E-state index in [1.807, 2.05) is 0 Å². The van der Waals surface area contributed by atoms with Crippen LogP contribution in [0.15, 0.2) is 82.8 Å². The highest BCUT2D eigenvalue weighted by Crippen LogP contribution is 2.33. The number of hydrogen-bond donors (Lipinski definition) is 0. The summed E-state index contributed by atoms with van der Waals surface area (Å²) in [6, 6.07) is 25.7. The van der Waals surface area contributed by atoms with Crippen molar-refractivity contribution in [3.63, 3.8) is 0 Å². The lowest BCUT2D eigenvalue weighted by atomic mass is 10.0. The largest absolute Gasteiger partial charge is 0.368 e. The lowest BCUT2D eigenvalue weighted by Gasteiger charge is -2.37. The number of fused-ring (bicyclic) bond motifs is 1. The predicted molar refractivity (Wildman–Crippen MR) is 130 cm³/mol. The van der Waals surface area contributed by atoms with Gasteiger partial charge in [-0.3, -0.25) is 4.99 Å². The molecule has 156 valence electrons. The third-order valence-electron chi connectivity index (χ3n) is 6.11. The minimum atomic E-state index is 0.752. The Labute approximate surface area is 184 Å². The second kappa shape index (κ2) is 8.38. The van der Waals surface area contributed by atoms with Gasteiger partial charge in [0.25, 0.3) is 0 Å². The van der Waals surface area contributed by atoms with E-state index in [1.54, 1.807) is 0 Å². The number of aryl methyl sites for hydroxylation is 2. The van der Waals surface area contributed by atoms with E-state index >= 15 is 0 Å². The minimum Gasteiger partial charge on any atom is -0.368 e. The molecule has 0 atom stereocenters. The number of para-hydroxylation sites is 1.